The summed E-state index contributed by atoms with van der Waals surface area (Å²) in [5, 5.41) is 0. The molecule has 0 bridgehead atoms. The van der Waals surface area contributed by atoms with Gasteiger partial charge in [-0.1, -0.05) is 12.8 Å². The molecule has 0 N–H and O–H groups in total. The number of ether oxygens (including phenoxy) is 2. The zero-order chi connectivity index (χ0) is 13.4. The van der Waals surface area contributed by atoms with Crippen LogP contribution in [0.3, 0.4) is 0 Å². The van der Waals surface area contributed by atoms with Crippen molar-refractivity contribution < 1.29 is 19.1 Å². The highest BCUT2D eigenvalue weighted by atomic mass is 16.5. The molecule has 1 aliphatic carbocycles. The second kappa shape index (κ2) is 8.11. The van der Waals surface area contributed by atoms with Gasteiger partial charge in [-0.05, 0) is 38.5 Å². The van der Waals surface area contributed by atoms with Crippen molar-refractivity contribution >= 4 is 11.9 Å². The molecule has 1 aliphatic rings. The molecule has 0 aromatic rings. The Morgan fingerprint density at radius 3 is 1.61 bits per heavy atom. The van der Waals surface area contributed by atoms with Crippen LogP contribution in [0.2, 0.25) is 0 Å². The molecule has 0 unspecified atom stereocenters. The van der Waals surface area contributed by atoms with E-state index in [0.29, 0.717) is 26.1 Å². The molecule has 1 saturated carbocycles. The Morgan fingerprint density at radius 1 is 0.889 bits per heavy atom. The third kappa shape index (κ3) is 5.07. The lowest BCUT2D eigenvalue weighted by Gasteiger charge is -2.30. The van der Waals surface area contributed by atoms with Crippen molar-refractivity contribution in [2.45, 2.75) is 52.4 Å². The molecule has 1 rings (SSSR count). The quantitative estimate of drug-likeness (QED) is 0.686. The Kier molecular flexibility index (Phi) is 6.76. The summed E-state index contributed by atoms with van der Waals surface area (Å²) in [6.45, 7) is 4.48. The van der Waals surface area contributed by atoms with Crippen LogP contribution < -0.4 is 0 Å². The molecule has 0 spiro atoms. The molecule has 0 amide bonds. The maximum absolute atomic E-state index is 11.5. The lowest BCUT2D eigenvalue weighted by atomic mass is 9.76. The normalized spacial score (nSPS) is 23.4. The van der Waals surface area contributed by atoms with E-state index < -0.39 is 0 Å². The Morgan fingerprint density at radius 2 is 1.28 bits per heavy atom. The summed E-state index contributed by atoms with van der Waals surface area (Å²) >= 11 is 0. The van der Waals surface area contributed by atoms with E-state index in [2.05, 4.69) is 0 Å². The van der Waals surface area contributed by atoms with Crippen LogP contribution >= 0.6 is 0 Å². The van der Waals surface area contributed by atoms with E-state index in [1.54, 1.807) is 0 Å². The Balaban J connectivity index is 2.46. The van der Waals surface area contributed by atoms with Crippen molar-refractivity contribution in [1.82, 2.24) is 0 Å². The molecule has 1 fully saturated rings. The van der Waals surface area contributed by atoms with Gasteiger partial charge in [0.2, 0.25) is 0 Å². The first-order chi connectivity index (χ1) is 8.67. The minimum atomic E-state index is -0.141. The summed E-state index contributed by atoms with van der Waals surface area (Å²) in [5.41, 5.74) is 0. The monoisotopic (exact) mass is 256 g/mol. The molecule has 2 atom stereocenters. The highest BCUT2D eigenvalue weighted by molar-refractivity contribution is 5.71. The Hall–Kier alpha value is -1.06. The second-order valence-electron chi connectivity index (χ2n) is 4.82. The molecule has 0 aliphatic heterocycles. The molecule has 0 aromatic carbocycles. The number of carbonyl (C=O) groups excluding carboxylic acids is 2. The number of rotatable bonds is 6. The number of carbonyl (C=O) groups is 2. The lowest BCUT2D eigenvalue weighted by molar-refractivity contribution is -0.148. The van der Waals surface area contributed by atoms with E-state index in [4.69, 9.17) is 9.47 Å². The summed E-state index contributed by atoms with van der Waals surface area (Å²) in [4.78, 5) is 23.1. The van der Waals surface area contributed by atoms with Gasteiger partial charge in [0.25, 0.3) is 0 Å². The van der Waals surface area contributed by atoms with Crippen LogP contribution in [0.5, 0.6) is 0 Å². The molecular formula is C14H24O4. The van der Waals surface area contributed by atoms with Gasteiger partial charge in [-0.25, -0.2) is 0 Å². The molecule has 18 heavy (non-hydrogen) atoms. The van der Waals surface area contributed by atoms with Gasteiger partial charge in [0, 0.05) is 12.8 Å². The maximum Gasteiger partial charge on any atom is 0.306 e. The predicted octanol–water partition coefficient (Wildman–Crippen LogP) is 2.70. The van der Waals surface area contributed by atoms with Crippen LogP contribution in [0.1, 0.15) is 52.4 Å². The van der Waals surface area contributed by atoms with E-state index in [1.807, 2.05) is 13.8 Å². The van der Waals surface area contributed by atoms with E-state index in [9.17, 15) is 9.59 Å². The van der Waals surface area contributed by atoms with Crippen LogP contribution in [0, 0.1) is 11.8 Å². The van der Waals surface area contributed by atoms with Crippen molar-refractivity contribution in [2.24, 2.45) is 11.8 Å². The van der Waals surface area contributed by atoms with Gasteiger partial charge in [0.15, 0.2) is 0 Å². The lowest BCUT2D eigenvalue weighted by Crippen LogP contribution is -2.26. The standard InChI is InChI=1S/C14H24O4/c1-3-17-13(15)9-11-7-5-6-8-12(11)10-14(16)18-4-2/h11-12H,3-10H2,1-2H3/t11-,12-/m1/s1. The van der Waals surface area contributed by atoms with Crippen molar-refractivity contribution in [3.63, 3.8) is 0 Å². The molecular weight excluding hydrogens is 232 g/mol. The molecule has 0 aromatic heterocycles. The molecule has 104 valence electrons. The first-order valence-electron chi connectivity index (χ1n) is 6.98. The highest BCUT2D eigenvalue weighted by Crippen LogP contribution is 2.35. The summed E-state index contributed by atoms with van der Waals surface area (Å²) in [6.07, 6.45) is 5.20. The Labute approximate surface area is 109 Å². The van der Waals surface area contributed by atoms with Gasteiger partial charge in [0.05, 0.1) is 13.2 Å². The van der Waals surface area contributed by atoms with Crippen LogP contribution in [-0.4, -0.2) is 25.2 Å². The van der Waals surface area contributed by atoms with Gasteiger partial charge in [-0.15, -0.1) is 0 Å². The number of hydrogen-bond donors (Lipinski definition) is 0. The van der Waals surface area contributed by atoms with Crippen molar-refractivity contribution in [2.75, 3.05) is 13.2 Å². The molecule has 0 saturated heterocycles. The largest absolute Gasteiger partial charge is 0.466 e. The van der Waals surface area contributed by atoms with Gasteiger partial charge in [-0.3, -0.25) is 9.59 Å². The van der Waals surface area contributed by atoms with Gasteiger partial charge in [0.1, 0.15) is 0 Å². The van der Waals surface area contributed by atoms with E-state index in [0.717, 1.165) is 25.7 Å². The number of hydrogen-bond acceptors (Lipinski definition) is 4. The van der Waals surface area contributed by atoms with Crippen LogP contribution in [-0.2, 0) is 19.1 Å². The highest BCUT2D eigenvalue weighted by Gasteiger charge is 2.29. The van der Waals surface area contributed by atoms with Crippen molar-refractivity contribution in [1.29, 1.82) is 0 Å². The van der Waals surface area contributed by atoms with E-state index in [-0.39, 0.29) is 23.8 Å². The third-order valence-corrected chi connectivity index (χ3v) is 3.53. The fourth-order valence-electron chi connectivity index (χ4n) is 2.69. The average molecular weight is 256 g/mol. The van der Waals surface area contributed by atoms with Crippen LogP contribution in [0.15, 0.2) is 0 Å². The molecule has 0 heterocycles. The fourth-order valence-corrected chi connectivity index (χ4v) is 2.69. The molecule has 0 radical (unpaired) electrons. The SMILES string of the molecule is CCOC(=O)C[C@H]1CCCC[C@@H]1CC(=O)OCC. The number of esters is 2. The zero-order valence-electron chi connectivity index (χ0n) is 11.4. The van der Waals surface area contributed by atoms with Gasteiger partial charge in [-0.2, -0.15) is 0 Å². The van der Waals surface area contributed by atoms with E-state index in [1.165, 1.54) is 0 Å². The first kappa shape index (κ1) is 15.0. The molecule has 4 nitrogen and oxygen atoms in total. The van der Waals surface area contributed by atoms with Crippen molar-refractivity contribution in [3.8, 4) is 0 Å². The minimum absolute atomic E-state index is 0.141. The molecule has 4 heteroatoms. The van der Waals surface area contributed by atoms with Crippen LogP contribution in [0.4, 0.5) is 0 Å². The summed E-state index contributed by atoms with van der Waals surface area (Å²) < 4.78 is 9.98. The van der Waals surface area contributed by atoms with Crippen molar-refractivity contribution in [3.05, 3.63) is 0 Å². The fraction of sp³-hybridized carbons (Fsp3) is 0.857. The smallest absolute Gasteiger partial charge is 0.306 e. The second-order valence-corrected chi connectivity index (χ2v) is 4.82. The minimum Gasteiger partial charge on any atom is -0.466 e. The van der Waals surface area contributed by atoms with Crippen LogP contribution in [0.25, 0.3) is 0 Å². The zero-order valence-corrected chi connectivity index (χ0v) is 11.4. The summed E-state index contributed by atoms with van der Waals surface area (Å²) in [5.74, 6) is 0.279. The summed E-state index contributed by atoms with van der Waals surface area (Å²) in [6, 6.07) is 0. The van der Waals surface area contributed by atoms with E-state index >= 15 is 0 Å². The average Bonchev–Trinajstić information content (AvgIpc) is 2.32. The summed E-state index contributed by atoms with van der Waals surface area (Å²) in [7, 11) is 0. The van der Waals surface area contributed by atoms with Gasteiger partial charge < -0.3 is 9.47 Å². The Bertz CT molecular complexity index is 247. The maximum atomic E-state index is 11.5. The first-order valence-corrected chi connectivity index (χ1v) is 6.98. The van der Waals surface area contributed by atoms with Gasteiger partial charge >= 0.3 is 11.9 Å². The third-order valence-electron chi connectivity index (χ3n) is 3.53. The predicted molar refractivity (Wildman–Crippen MR) is 67.9 cm³/mol. The topological polar surface area (TPSA) is 52.6 Å².